The first-order valence-electron chi connectivity index (χ1n) is 12.9. The first-order valence-corrected chi connectivity index (χ1v) is 12.9. The summed E-state index contributed by atoms with van der Waals surface area (Å²) >= 11 is 0. The fourth-order valence-electron chi connectivity index (χ4n) is 8.66. The fourth-order valence-corrected chi connectivity index (χ4v) is 8.66. The van der Waals surface area contributed by atoms with Crippen molar-refractivity contribution in [3.63, 3.8) is 0 Å². The van der Waals surface area contributed by atoms with Crippen LogP contribution in [-0.4, -0.2) is 23.6 Å². The molecule has 174 valence electrons. The van der Waals surface area contributed by atoms with Crippen LogP contribution in [0, 0.1) is 40.4 Å². The van der Waals surface area contributed by atoms with Gasteiger partial charge in [-0.15, -0.1) is 0 Å². The molecule has 4 heteroatoms. The summed E-state index contributed by atoms with van der Waals surface area (Å²) in [5.74, 6) is 3.49. The second-order valence-corrected chi connectivity index (χ2v) is 11.7. The molecule has 8 atom stereocenters. The molecule has 0 amide bonds. The van der Waals surface area contributed by atoms with E-state index in [-0.39, 0.29) is 35.6 Å². The smallest absolute Gasteiger partial charge is 0.306 e. The molecule has 0 aromatic heterocycles. The molecule has 4 fully saturated rings. The van der Waals surface area contributed by atoms with Crippen LogP contribution in [0.3, 0.4) is 0 Å². The third kappa shape index (κ3) is 4.02. The molecule has 4 aliphatic carbocycles. The minimum Gasteiger partial charge on any atom is -0.462 e. The predicted molar refractivity (Wildman–Crippen MR) is 120 cm³/mol. The van der Waals surface area contributed by atoms with Crippen molar-refractivity contribution in [3.05, 3.63) is 0 Å². The Kier molecular flexibility index (Phi) is 6.40. The molecule has 0 heterocycles. The largest absolute Gasteiger partial charge is 0.462 e. The molecule has 4 aliphatic rings. The second kappa shape index (κ2) is 8.63. The minimum absolute atomic E-state index is 0.0290. The van der Waals surface area contributed by atoms with Gasteiger partial charge in [0, 0.05) is 18.8 Å². The molecule has 4 nitrogen and oxygen atoms in total. The molecule has 0 unspecified atom stereocenters. The second-order valence-electron chi connectivity index (χ2n) is 11.7. The molecule has 0 aromatic rings. The van der Waals surface area contributed by atoms with Crippen LogP contribution in [-0.2, 0) is 19.1 Å². The summed E-state index contributed by atoms with van der Waals surface area (Å²) in [6.45, 7) is 8.59. The molecule has 0 N–H and O–H groups in total. The Bertz CT molecular complexity index is 729. The van der Waals surface area contributed by atoms with Gasteiger partial charge in [0.2, 0.25) is 0 Å². The highest BCUT2D eigenvalue weighted by molar-refractivity contribution is 5.82. The van der Waals surface area contributed by atoms with Crippen LogP contribution in [0.15, 0.2) is 0 Å². The molecular weight excluding hydrogens is 388 g/mol. The molecule has 0 aliphatic heterocycles. The summed E-state index contributed by atoms with van der Waals surface area (Å²) in [5, 5.41) is 0. The third-order valence-electron chi connectivity index (χ3n) is 10.4. The van der Waals surface area contributed by atoms with Crippen LogP contribution in [0.1, 0.15) is 105 Å². The van der Waals surface area contributed by atoms with E-state index in [1.54, 1.807) is 0 Å². The van der Waals surface area contributed by atoms with Gasteiger partial charge < -0.3 is 4.74 Å². The topological polar surface area (TPSA) is 60.4 Å². The molecule has 0 saturated heterocycles. The first-order chi connectivity index (χ1) is 14.7. The lowest BCUT2D eigenvalue weighted by Gasteiger charge is -2.61. The Labute approximate surface area is 188 Å². The number of fused-ring (bicyclic) bond motifs is 5. The zero-order chi connectivity index (χ0) is 22.4. The van der Waals surface area contributed by atoms with E-state index in [4.69, 9.17) is 4.74 Å². The number of esters is 1. The van der Waals surface area contributed by atoms with Crippen LogP contribution in [0.5, 0.6) is 0 Å². The van der Waals surface area contributed by atoms with Crippen LogP contribution in [0.4, 0.5) is 0 Å². The zero-order valence-corrected chi connectivity index (χ0v) is 20.1. The fraction of sp³-hybridized carbons (Fsp3) is 0.889. The van der Waals surface area contributed by atoms with Gasteiger partial charge in [-0.25, -0.2) is 0 Å². The number of ether oxygens (including phenoxy) is 1. The Morgan fingerprint density at radius 3 is 2.29 bits per heavy atom. The third-order valence-corrected chi connectivity index (χ3v) is 10.4. The Balaban J connectivity index is 1.39. The van der Waals surface area contributed by atoms with Crippen molar-refractivity contribution in [2.24, 2.45) is 40.4 Å². The number of ketones is 2. The summed E-state index contributed by atoms with van der Waals surface area (Å²) in [6, 6.07) is 0. The van der Waals surface area contributed by atoms with Gasteiger partial charge in [-0.1, -0.05) is 20.8 Å². The van der Waals surface area contributed by atoms with Crippen LogP contribution >= 0.6 is 0 Å². The summed E-state index contributed by atoms with van der Waals surface area (Å²) in [6.07, 6.45) is 11.5. The molecule has 0 bridgehead atoms. The summed E-state index contributed by atoms with van der Waals surface area (Å²) in [7, 11) is 0. The maximum atomic E-state index is 12.3. The van der Waals surface area contributed by atoms with Gasteiger partial charge in [-0.05, 0) is 99.2 Å². The van der Waals surface area contributed by atoms with E-state index in [1.165, 1.54) is 32.1 Å². The van der Waals surface area contributed by atoms with Gasteiger partial charge in [0.05, 0.1) is 6.42 Å². The Morgan fingerprint density at radius 2 is 1.58 bits per heavy atom. The van der Waals surface area contributed by atoms with Crippen LogP contribution in [0.2, 0.25) is 0 Å². The van der Waals surface area contributed by atoms with E-state index in [0.717, 1.165) is 37.5 Å². The lowest BCUT2D eigenvalue weighted by molar-refractivity contribution is -0.163. The molecule has 4 rings (SSSR count). The van der Waals surface area contributed by atoms with Crippen molar-refractivity contribution < 1.29 is 19.1 Å². The lowest BCUT2D eigenvalue weighted by atomic mass is 9.44. The van der Waals surface area contributed by atoms with Gasteiger partial charge in [0.25, 0.3) is 0 Å². The monoisotopic (exact) mass is 430 g/mol. The molecule has 0 radical (unpaired) electrons. The van der Waals surface area contributed by atoms with Crippen molar-refractivity contribution in [2.45, 2.75) is 111 Å². The standard InChI is InChI=1S/C27H42O4/c1-5-19(29)7-11-25(30)31-20-12-14-26(3)18(16-20)6-8-21-23-10-9-22(17(2)28)27(23,4)15-13-24(21)26/h18,20-24H,5-16H2,1-4H3/t18-,20+,21-,22+,23-,24-,26-,27+/m0/s1. The van der Waals surface area contributed by atoms with Crippen molar-refractivity contribution in [3.8, 4) is 0 Å². The van der Waals surface area contributed by atoms with Gasteiger partial charge >= 0.3 is 5.97 Å². The van der Waals surface area contributed by atoms with Crippen molar-refractivity contribution in [1.82, 2.24) is 0 Å². The lowest BCUT2D eigenvalue weighted by Crippen LogP contribution is -2.54. The summed E-state index contributed by atoms with van der Waals surface area (Å²) < 4.78 is 5.81. The quantitative estimate of drug-likeness (QED) is 0.492. The number of carbonyl (C=O) groups excluding carboxylic acids is 3. The van der Waals surface area contributed by atoms with E-state index in [9.17, 15) is 14.4 Å². The summed E-state index contributed by atoms with van der Waals surface area (Å²) in [4.78, 5) is 36.1. The minimum atomic E-state index is -0.196. The van der Waals surface area contributed by atoms with Crippen LogP contribution < -0.4 is 0 Å². The number of hydrogen-bond donors (Lipinski definition) is 0. The predicted octanol–water partition coefficient (Wildman–Crippen LogP) is 5.91. The maximum Gasteiger partial charge on any atom is 0.306 e. The molecule has 31 heavy (non-hydrogen) atoms. The van der Waals surface area contributed by atoms with Crippen molar-refractivity contribution in [1.29, 1.82) is 0 Å². The average molecular weight is 431 g/mol. The zero-order valence-electron chi connectivity index (χ0n) is 20.1. The maximum absolute atomic E-state index is 12.3. The van der Waals surface area contributed by atoms with E-state index in [0.29, 0.717) is 35.9 Å². The van der Waals surface area contributed by atoms with Crippen molar-refractivity contribution >= 4 is 17.5 Å². The molecule has 0 spiro atoms. The number of carbonyl (C=O) groups is 3. The number of hydrogen-bond acceptors (Lipinski definition) is 4. The molecule has 0 aromatic carbocycles. The molecular formula is C27H42O4. The van der Waals surface area contributed by atoms with E-state index >= 15 is 0 Å². The normalized spacial score (nSPS) is 44.0. The van der Waals surface area contributed by atoms with Gasteiger partial charge in [-0.3, -0.25) is 14.4 Å². The molecule has 4 saturated carbocycles. The first kappa shape index (κ1) is 23.0. The highest BCUT2D eigenvalue weighted by Crippen LogP contribution is 2.67. The highest BCUT2D eigenvalue weighted by Gasteiger charge is 2.60. The highest BCUT2D eigenvalue weighted by atomic mass is 16.5. The average Bonchev–Trinajstić information content (AvgIpc) is 3.09. The Hall–Kier alpha value is -1.19. The SMILES string of the molecule is CCC(=O)CCC(=O)O[C@@H]1CC[C@@]2(C)[C@@H](CC[C@@H]3[C@@H]2CC[C@]2(C)[C@@H](C(C)=O)CC[C@@H]32)C1. The van der Waals surface area contributed by atoms with Gasteiger partial charge in [0.15, 0.2) is 0 Å². The van der Waals surface area contributed by atoms with Crippen molar-refractivity contribution in [2.75, 3.05) is 0 Å². The number of Topliss-reactive ketones (excluding diaryl/α,β-unsaturated/α-hetero) is 2. The number of rotatable bonds is 6. The van der Waals surface area contributed by atoms with E-state index in [2.05, 4.69) is 13.8 Å². The van der Waals surface area contributed by atoms with E-state index < -0.39 is 0 Å². The van der Waals surface area contributed by atoms with Gasteiger partial charge in [0.1, 0.15) is 17.7 Å². The van der Waals surface area contributed by atoms with Crippen LogP contribution in [0.25, 0.3) is 0 Å². The summed E-state index contributed by atoms with van der Waals surface area (Å²) in [5.41, 5.74) is 0.568. The van der Waals surface area contributed by atoms with Gasteiger partial charge in [-0.2, -0.15) is 0 Å². The van der Waals surface area contributed by atoms with E-state index in [1.807, 2.05) is 13.8 Å². The Morgan fingerprint density at radius 1 is 0.871 bits per heavy atom.